The van der Waals surface area contributed by atoms with Crippen molar-refractivity contribution in [2.45, 2.75) is 25.9 Å². The Morgan fingerprint density at radius 1 is 1.17 bits per heavy atom. The van der Waals surface area contributed by atoms with Gasteiger partial charge >= 0.3 is 0 Å². The molecule has 0 amide bonds. The van der Waals surface area contributed by atoms with E-state index in [4.69, 9.17) is 0 Å². The maximum atomic E-state index is 11.2. The summed E-state index contributed by atoms with van der Waals surface area (Å²) in [5.41, 5.74) is 2.10. The molecule has 0 unspecified atom stereocenters. The molecule has 0 radical (unpaired) electrons. The number of nitro benzene ring substituents is 1. The number of anilines is 1. The zero-order chi connectivity index (χ0) is 16.9. The minimum atomic E-state index is -0.322. The summed E-state index contributed by atoms with van der Waals surface area (Å²) in [4.78, 5) is 13.3. The predicted molar refractivity (Wildman–Crippen MR) is 96.0 cm³/mol. The highest BCUT2D eigenvalue weighted by Crippen LogP contribution is 2.28. The summed E-state index contributed by atoms with van der Waals surface area (Å²) in [6.45, 7) is 5.16. The fraction of sp³-hybridized carbons (Fsp3) is 0.368. The van der Waals surface area contributed by atoms with E-state index < -0.39 is 0 Å². The van der Waals surface area contributed by atoms with Gasteiger partial charge in [0, 0.05) is 31.7 Å². The molecule has 1 saturated heterocycles. The van der Waals surface area contributed by atoms with E-state index in [-0.39, 0.29) is 16.7 Å². The van der Waals surface area contributed by atoms with Crippen LogP contribution in [0.5, 0.6) is 0 Å². The third kappa shape index (κ3) is 3.92. The van der Waals surface area contributed by atoms with E-state index in [9.17, 15) is 10.1 Å². The first kappa shape index (κ1) is 16.5. The predicted octanol–water partition coefficient (Wildman–Crippen LogP) is 3.92. The molecule has 5 heteroatoms. The van der Waals surface area contributed by atoms with Gasteiger partial charge in [0.05, 0.1) is 4.92 Å². The molecule has 0 aliphatic carbocycles. The second-order valence-electron chi connectivity index (χ2n) is 6.51. The quantitative estimate of drug-likeness (QED) is 0.669. The van der Waals surface area contributed by atoms with Crippen LogP contribution in [0.1, 0.15) is 18.9 Å². The molecular formula is C19H23N3O2. The average Bonchev–Trinajstić information content (AvgIpc) is 2.58. The van der Waals surface area contributed by atoms with Gasteiger partial charge < -0.3 is 5.32 Å². The highest BCUT2D eigenvalue weighted by atomic mass is 16.6. The molecule has 1 aliphatic rings. The van der Waals surface area contributed by atoms with Crippen LogP contribution in [0.4, 0.5) is 11.4 Å². The fourth-order valence-electron chi connectivity index (χ4n) is 3.39. The van der Waals surface area contributed by atoms with Crippen molar-refractivity contribution in [3.63, 3.8) is 0 Å². The van der Waals surface area contributed by atoms with Crippen molar-refractivity contribution in [2.75, 3.05) is 18.4 Å². The summed E-state index contributed by atoms with van der Waals surface area (Å²) in [5.74, 6) is 0.433. The van der Waals surface area contributed by atoms with Crippen LogP contribution in [0.2, 0.25) is 0 Å². The molecule has 0 saturated carbocycles. The maximum absolute atomic E-state index is 11.2. The number of para-hydroxylation sites is 2. The van der Waals surface area contributed by atoms with Crippen molar-refractivity contribution in [3.05, 3.63) is 70.3 Å². The van der Waals surface area contributed by atoms with Gasteiger partial charge in [0.2, 0.25) is 0 Å². The molecule has 2 aromatic carbocycles. The molecule has 1 heterocycles. The molecule has 1 fully saturated rings. The third-order valence-corrected chi connectivity index (χ3v) is 4.68. The zero-order valence-electron chi connectivity index (χ0n) is 13.9. The van der Waals surface area contributed by atoms with E-state index in [1.807, 2.05) is 12.1 Å². The summed E-state index contributed by atoms with van der Waals surface area (Å²) in [7, 11) is 0. The van der Waals surface area contributed by atoms with Crippen LogP contribution in [0.3, 0.4) is 0 Å². The van der Waals surface area contributed by atoms with E-state index in [0.29, 0.717) is 11.6 Å². The van der Waals surface area contributed by atoms with Gasteiger partial charge in [0.1, 0.15) is 5.69 Å². The molecular weight excluding hydrogens is 302 g/mol. The molecule has 0 spiro atoms. The molecule has 0 aromatic heterocycles. The highest BCUT2D eigenvalue weighted by molar-refractivity contribution is 5.61. The SMILES string of the molecule is C[C@H]1CN(Cc2ccccc2)CC[C@H]1Nc1ccccc1[N+](=O)[O-]. The van der Waals surface area contributed by atoms with Gasteiger partial charge in [-0.25, -0.2) is 0 Å². The van der Waals surface area contributed by atoms with Crippen molar-refractivity contribution in [3.8, 4) is 0 Å². The van der Waals surface area contributed by atoms with Gasteiger partial charge in [-0.1, -0.05) is 49.4 Å². The molecule has 5 nitrogen and oxygen atoms in total. The Bertz CT molecular complexity index is 690. The molecule has 2 atom stereocenters. The number of piperidine rings is 1. The summed E-state index contributed by atoms with van der Waals surface area (Å²) in [6, 6.07) is 17.6. The van der Waals surface area contributed by atoms with Crippen molar-refractivity contribution >= 4 is 11.4 Å². The second-order valence-corrected chi connectivity index (χ2v) is 6.51. The van der Waals surface area contributed by atoms with Gasteiger partial charge in [-0.15, -0.1) is 0 Å². The maximum Gasteiger partial charge on any atom is 0.292 e. The molecule has 126 valence electrons. The van der Waals surface area contributed by atoms with Crippen LogP contribution >= 0.6 is 0 Å². The Morgan fingerprint density at radius 2 is 1.88 bits per heavy atom. The number of likely N-dealkylation sites (tertiary alicyclic amines) is 1. The number of hydrogen-bond donors (Lipinski definition) is 1. The minimum Gasteiger partial charge on any atom is -0.376 e. The normalized spacial score (nSPS) is 21.4. The Morgan fingerprint density at radius 3 is 2.58 bits per heavy atom. The average molecular weight is 325 g/mol. The molecule has 2 aromatic rings. The van der Waals surface area contributed by atoms with Gasteiger partial charge in [-0.2, -0.15) is 0 Å². The number of rotatable bonds is 5. The lowest BCUT2D eigenvalue weighted by Gasteiger charge is -2.37. The van der Waals surface area contributed by atoms with Crippen LogP contribution in [-0.4, -0.2) is 29.0 Å². The Labute approximate surface area is 142 Å². The largest absolute Gasteiger partial charge is 0.376 e. The van der Waals surface area contributed by atoms with Crippen LogP contribution in [-0.2, 0) is 6.54 Å². The number of hydrogen-bond acceptors (Lipinski definition) is 4. The monoisotopic (exact) mass is 325 g/mol. The minimum absolute atomic E-state index is 0.149. The first-order valence-corrected chi connectivity index (χ1v) is 8.39. The number of benzene rings is 2. The van der Waals surface area contributed by atoms with Crippen molar-refractivity contribution in [1.29, 1.82) is 0 Å². The van der Waals surface area contributed by atoms with Crippen molar-refractivity contribution in [2.24, 2.45) is 5.92 Å². The summed E-state index contributed by atoms with van der Waals surface area (Å²) in [5, 5.41) is 14.6. The first-order valence-electron chi connectivity index (χ1n) is 8.39. The van der Waals surface area contributed by atoms with E-state index in [2.05, 4.69) is 41.4 Å². The van der Waals surface area contributed by atoms with Crippen LogP contribution < -0.4 is 5.32 Å². The fourth-order valence-corrected chi connectivity index (χ4v) is 3.39. The first-order chi connectivity index (χ1) is 11.6. The van der Waals surface area contributed by atoms with Crippen LogP contribution in [0.15, 0.2) is 54.6 Å². The second kappa shape index (κ2) is 7.45. The summed E-state index contributed by atoms with van der Waals surface area (Å²) in [6.07, 6.45) is 0.986. The van der Waals surface area contributed by atoms with Gasteiger partial charge in [-0.3, -0.25) is 15.0 Å². The van der Waals surface area contributed by atoms with Crippen molar-refractivity contribution in [1.82, 2.24) is 4.90 Å². The Balaban J connectivity index is 1.61. The van der Waals surface area contributed by atoms with E-state index in [1.165, 1.54) is 5.56 Å². The molecule has 24 heavy (non-hydrogen) atoms. The van der Waals surface area contributed by atoms with Crippen LogP contribution in [0.25, 0.3) is 0 Å². The number of nitro groups is 1. The molecule has 1 N–H and O–H groups in total. The van der Waals surface area contributed by atoms with Gasteiger partial charge in [-0.05, 0) is 24.0 Å². The summed E-state index contributed by atoms with van der Waals surface area (Å²) < 4.78 is 0. The van der Waals surface area contributed by atoms with Crippen LogP contribution in [0, 0.1) is 16.0 Å². The third-order valence-electron chi connectivity index (χ3n) is 4.68. The van der Waals surface area contributed by atoms with Crippen molar-refractivity contribution < 1.29 is 4.92 Å². The Hall–Kier alpha value is -2.40. The summed E-state index contributed by atoms with van der Waals surface area (Å²) >= 11 is 0. The standard InChI is InChI=1S/C19H23N3O2/c1-15-13-21(14-16-7-3-2-4-8-16)12-11-17(15)20-18-9-5-6-10-19(18)22(23)24/h2-10,15,17,20H,11-14H2,1H3/t15-,17+/m0/s1. The highest BCUT2D eigenvalue weighted by Gasteiger charge is 2.27. The number of nitrogens with zero attached hydrogens (tertiary/aromatic N) is 2. The lowest BCUT2D eigenvalue weighted by molar-refractivity contribution is -0.384. The zero-order valence-corrected chi connectivity index (χ0v) is 13.9. The van der Waals surface area contributed by atoms with E-state index >= 15 is 0 Å². The van der Waals surface area contributed by atoms with E-state index in [0.717, 1.165) is 26.1 Å². The smallest absolute Gasteiger partial charge is 0.292 e. The number of nitrogens with one attached hydrogen (secondary N) is 1. The molecule has 0 bridgehead atoms. The lowest BCUT2D eigenvalue weighted by Crippen LogP contribution is -2.44. The lowest BCUT2D eigenvalue weighted by atomic mass is 9.93. The van der Waals surface area contributed by atoms with E-state index in [1.54, 1.807) is 18.2 Å². The van der Waals surface area contributed by atoms with Gasteiger partial charge in [0.25, 0.3) is 5.69 Å². The molecule has 1 aliphatic heterocycles. The topological polar surface area (TPSA) is 58.4 Å². The Kier molecular flexibility index (Phi) is 5.11. The van der Waals surface area contributed by atoms with Gasteiger partial charge in [0.15, 0.2) is 0 Å². The molecule has 3 rings (SSSR count).